The quantitative estimate of drug-likeness (QED) is 0.801. The molecule has 0 unspecified atom stereocenters. The SMILES string of the molecule is Cc1nc2cc(C(=O)NCCN)ccc2o1. The monoisotopic (exact) mass is 219 g/mol. The fraction of sp³-hybridized carbons (Fsp3) is 0.273. The summed E-state index contributed by atoms with van der Waals surface area (Å²) >= 11 is 0. The smallest absolute Gasteiger partial charge is 0.251 e. The maximum atomic E-state index is 11.6. The van der Waals surface area contributed by atoms with E-state index in [2.05, 4.69) is 10.3 Å². The number of hydrogen-bond donors (Lipinski definition) is 2. The minimum absolute atomic E-state index is 0.145. The van der Waals surface area contributed by atoms with Crippen LogP contribution >= 0.6 is 0 Å². The lowest BCUT2D eigenvalue weighted by Gasteiger charge is -2.02. The minimum atomic E-state index is -0.145. The summed E-state index contributed by atoms with van der Waals surface area (Å²) in [6, 6.07) is 5.16. The van der Waals surface area contributed by atoms with Gasteiger partial charge in [-0.15, -0.1) is 0 Å². The predicted molar refractivity (Wildman–Crippen MR) is 60.1 cm³/mol. The van der Waals surface area contributed by atoms with Gasteiger partial charge in [0.2, 0.25) is 0 Å². The van der Waals surface area contributed by atoms with E-state index in [0.29, 0.717) is 35.6 Å². The van der Waals surface area contributed by atoms with Gasteiger partial charge in [-0.2, -0.15) is 0 Å². The molecule has 16 heavy (non-hydrogen) atoms. The van der Waals surface area contributed by atoms with Gasteiger partial charge < -0.3 is 15.5 Å². The zero-order valence-electron chi connectivity index (χ0n) is 8.99. The lowest BCUT2D eigenvalue weighted by atomic mass is 10.2. The third-order valence-corrected chi connectivity index (χ3v) is 2.19. The van der Waals surface area contributed by atoms with Crippen LogP contribution in [0.2, 0.25) is 0 Å². The van der Waals surface area contributed by atoms with Gasteiger partial charge in [0.25, 0.3) is 5.91 Å². The Balaban J connectivity index is 2.28. The highest BCUT2D eigenvalue weighted by atomic mass is 16.3. The fourth-order valence-corrected chi connectivity index (χ4v) is 1.47. The largest absolute Gasteiger partial charge is 0.441 e. The third-order valence-electron chi connectivity index (χ3n) is 2.19. The van der Waals surface area contributed by atoms with Gasteiger partial charge in [0.15, 0.2) is 11.5 Å². The van der Waals surface area contributed by atoms with Crippen molar-refractivity contribution >= 4 is 17.0 Å². The molecule has 0 saturated heterocycles. The molecule has 1 amide bonds. The minimum Gasteiger partial charge on any atom is -0.441 e. The summed E-state index contributed by atoms with van der Waals surface area (Å²) in [5.74, 6) is 0.447. The van der Waals surface area contributed by atoms with Crippen LogP contribution < -0.4 is 11.1 Å². The van der Waals surface area contributed by atoms with Crippen LogP contribution in [0.4, 0.5) is 0 Å². The van der Waals surface area contributed by atoms with Gasteiger partial charge in [-0.1, -0.05) is 0 Å². The molecule has 1 heterocycles. The number of fused-ring (bicyclic) bond motifs is 1. The van der Waals surface area contributed by atoms with Crippen LogP contribution in [0.15, 0.2) is 22.6 Å². The molecule has 3 N–H and O–H groups in total. The van der Waals surface area contributed by atoms with Gasteiger partial charge in [0, 0.05) is 25.6 Å². The van der Waals surface area contributed by atoms with Crippen LogP contribution in [0.1, 0.15) is 16.2 Å². The first-order chi connectivity index (χ1) is 7.70. The van der Waals surface area contributed by atoms with Gasteiger partial charge in [-0.3, -0.25) is 4.79 Å². The normalized spacial score (nSPS) is 10.6. The van der Waals surface area contributed by atoms with Crippen LogP contribution in [-0.2, 0) is 0 Å². The molecule has 0 bridgehead atoms. The van der Waals surface area contributed by atoms with Crippen molar-refractivity contribution in [2.75, 3.05) is 13.1 Å². The summed E-state index contributed by atoms with van der Waals surface area (Å²) in [4.78, 5) is 15.8. The first kappa shape index (κ1) is 10.6. The number of nitrogens with two attached hydrogens (primary N) is 1. The highest BCUT2D eigenvalue weighted by molar-refractivity contribution is 5.97. The molecule has 0 aliphatic heterocycles. The molecule has 0 spiro atoms. The van der Waals surface area contributed by atoms with Crippen LogP contribution in [0.5, 0.6) is 0 Å². The number of benzene rings is 1. The second-order valence-electron chi connectivity index (χ2n) is 3.46. The molecule has 2 rings (SSSR count). The number of aryl methyl sites for hydroxylation is 1. The van der Waals surface area contributed by atoms with Crippen molar-refractivity contribution in [3.05, 3.63) is 29.7 Å². The number of carbonyl (C=O) groups is 1. The van der Waals surface area contributed by atoms with E-state index in [1.54, 1.807) is 25.1 Å². The van der Waals surface area contributed by atoms with E-state index >= 15 is 0 Å². The highest BCUT2D eigenvalue weighted by Crippen LogP contribution is 2.16. The van der Waals surface area contributed by atoms with E-state index in [1.165, 1.54) is 0 Å². The summed E-state index contributed by atoms with van der Waals surface area (Å²) < 4.78 is 5.32. The summed E-state index contributed by atoms with van der Waals surface area (Å²) in [6.07, 6.45) is 0. The Labute approximate surface area is 92.6 Å². The zero-order valence-corrected chi connectivity index (χ0v) is 8.99. The van der Waals surface area contributed by atoms with Crippen LogP contribution in [0.25, 0.3) is 11.1 Å². The number of hydrogen-bond acceptors (Lipinski definition) is 4. The van der Waals surface area contributed by atoms with Gasteiger partial charge in [-0.05, 0) is 18.2 Å². The molecular formula is C11H13N3O2. The summed E-state index contributed by atoms with van der Waals surface area (Å²) in [5.41, 5.74) is 7.25. The van der Waals surface area contributed by atoms with Crippen molar-refractivity contribution in [1.82, 2.24) is 10.3 Å². The first-order valence-corrected chi connectivity index (χ1v) is 5.06. The molecule has 0 aliphatic rings. The van der Waals surface area contributed by atoms with E-state index in [1.807, 2.05) is 0 Å². The van der Waals surface area contributed by atoms with Gasteiger partial charge in [-0.25, -0.2) is 4.98 Å². The number of oxazole rings is 1. The van der Waals surface area contributed by atoms with Crippen LogP contribution in [0, 0.1) is 6.92 Å². The summed E-state index contributed by atoms with van der Waals surface area (Å²) in [7, 11) is 0. The molecule has 84 valence electrons. The molecule has 0 fully saturated rings. The second kappa shape index (κ2) is 4.32. The highest BCUT2D eigenvalue weighted by Gasteiger charge is 2.08. The van der Waals surface area contributed by atoms with E-state index in [-0.39, 0.29) is 5.91 Å². The van der Waals surface area contributed by atoms with Crippen molar-refractivity contribution < 1.29 is 9.21 Å². The van der Waals surface area contributed by atoms with Gasteiger partial charge in [0.05, 0.1) is 0 Å². The molecule has 1 aromatic heterocycles. The molecule has 0 radical (unpaired) electrons. The third kappa shape index (κ3) is 2.04. The lowest BCUT2D eigenvalue weighted by molar-refractivity contribution is 0.0955. The standard InChI is InChI=1S/C11H13N3O2/c1-7-14-9-6-8(2-3-10(9)16-7)11(15)13-5-4-12/h2-3,6H,4-5,12H2,1H3,(H,13,15). The summed E-state index contributed by atoms with van der Waals surface area (Å²) in [6.45, 7) is 2.67. The average molecular weight is 219 g/mol. The number of nitrogens with zero attached hydrogens (tertiary/aromatic N) is 1. The molecule has 0 atom stereocenters. The van der Waals surface area contributed by atoms with E-state index in [0.717, 1.165) is 0 Å². The van der Waals surface area contributed by atoms with Crippen molar-refractivity contribution in [2.45, 2.75) is 6.92 Å². The zero-order chi connectivity index (χ0) is 11.5. The van der Waals surface area contributed by atoms with Crippen molar-refractivity contribution in [2.24, 2.45) is 5.73 Å². The van der Waals surface area contributed by atoms with Crippen LogP contribution in [-0.4, -0.2) is 24.0 Å². The first-order valence-electron chi connectivity index (χ1n) is 5.06. The van der Waals surface area contributed by atoms with Gasteiger partial charge >= 0.3 is 0 Å². The average Bonchev–Trinajstić information content (AvgIpc) is 2.64. The molecular weight excluding hydrogens is 206 g/mol. The number of aromatic nitrogens is 1. The predicted octanol–water partition coefficient (Wildman–Crippen LogP) is 0.825. The Morgan fingerprint density at radius 2 is 2.38 bits per heavy atom. The Morgan fingerprint density at radius 3 is 3.12 bits per heavy atom. The van der Waals surface area contributed by atoms with Gasteiger partial charge in [0.1, 0.15) is 5.52 Å². The van der Waals surface area contributed by atoms with Crippen molar-refractivity contribution in [1.29, 1.82) is 0 Å². The maximum Gasteiger partial charge on any atom is 0.251 e. The molecule has 5 heteroatoms. The Kier molecular flexibility index (Phi) is 2.87. The number of rotatable bonds is 3. The Morgan fingerprint density at radius 1 is 1.56 bits per heavy atom. The molecule has 0 aliphatic carbocycles. The fourth-order valence-electron chi connectivity index (χ4n) is 1.47. The Hall–Kier alpha value is -1.88. The molecule has 2 aromatic rings. The Bertz CT molecular complexity index is 519. The van der Waals surface area contributed by atoms with Crippen molar-refractivity contribution in [3.8, 4) is 0 Å². The summed E-state index contributed by atoms with van der Waals surface area (Å²) in [5, 5.41) is 2.70. The number of carbonyl (C=O) groups excluding carboxylic acids is 1. The molecule has 5 nitrogen and oxygen atoms in total. The van der Waals surface area contributed by atoms with E-state index in [4.69, 9.17) is 10.2 Å². The topological polar surface area (TPSA) is 81.2 Å². The van der Waals surface area contributed by atoms with Crippen LogP contribution in [0.3, 0.4) is 0 Å². The molecule has 0 saturated carbocycles. The van der Waals surface area contributed by atoms with E-state index < -0.39 is 0 Å². The van der Waals surface area contributed by atoms with Crippen molar-refractivity contribution in [3.63, 3.8) is 0 Å². The second-order valence-corrected chi connectivity index (χ2v) is 3.46. The van der Waals surface area contributed by atoms with E-state index in [9.17, 15) is 4.79 Å². The number of nitrogens with one attached hydrogen (secondary N) is 1. The maximum absolute atomic E-state index is 11.6. The molecule has 1 aromatic carbocycles. The number of amides is 1. The lowest BCUT2D eigenvalue weighted by Crippen LogP contribution is -2.28.